The number of aromatic nitrogens is 2. The van der Waals surface area contributed by atoms with Gasteiger partial charge in [-0.05, 0) is 83.3 Å². The maximum Gasteiger partial charge on any atom is 0.270 e. The topological polar surface area (TPSA) is 116 Å². The molecule has 0 radical (unpaired) electrons. The zero-order valence-corrected chi connectivity index (χ0v) is 33.9. The van der Waals surface area contributed by atoms with Crippen molar-refractivity contribution in [3.05, 3.63) is 161 Å². The molecule has 5 aromatic rings. The third-order valence-electron chi connectivity index (χ3n) is 13.6. The van der Waals surface area contributed by atoms with Gasteiger partial charge < -0.3 is 0 Å². The Labute approximate surface area is 354 Å². The van der Waals surface area contributed by atoms with E-state index in [0.717, 1.165) is 85.4 Å². The number of rotatable bonds is 2. The Bertz CT molecular complexity index is 2900. The Morgan fingerprint density at radius 2 is 0.983 bits per heavy atom. The zero-order chi connectivity index (χ0) is 40.9. The van der Waals surface area contributed by atoms with Crippen LogP contribution in [0.3, 0.4) is 0 Å². The van der Waals surface area contributed by atoms with Crippen molar-refractivity contribution in [2.45, 2.75) is 75.0 Å². The first-order valence-electron chi connectivity index (χ1n) is 20.3. The lowest BCUT2D eigenvalue weighted by Gasteiger charge is -2.36. The summed E-state index contributed by atoms with van der Waals surface area (Å²) in [7, 11) is 0. The number of carbonyl (C=O) groups is 2. The molecule has 0 aliphatic heterocycles. The maximum absolute atomic E-state index is 13.9. The highest BCUT2D eigenvalue weighted by Gasteiger charge is 2.52. The van der Waals surface area contributed by atoms with E-state index < -0.39 is 0 Å². The Morgan fingerprint density at radius 1 is 0.600 bits per heavy atom. The first kappa shape index (κ1) is 36.3. The van der Waals surface area contributed by atoms with E-state index in [0.29, 0.717) is 54.6 Å². The molecule has 2 spiro atoms. The molecule has 10 heteroatoms. The fourth-order valence-corrected chi connectivity index (χ4v) is 13.3. The summed E-state index contributed by atoms with van der Waals surface area (Å²) in [4.78, 5) is 47.8. The molecule has 6 aliphatic rings. The summed E-state index contributed by atoms with van der Waals surface area (Å²) in [6, 6.07) is 23.3. The smallest absolute Gasteiger partial charge is 0.270 e. The fourth-order valence-electron chi connectivity index (χ4n) is 11.1. The minimum Gasteiger partial charge on any atom is -0.289 e. The minimum absolute atomic E-state index is 0.0985. The van der Waals surface area contributed by atoms with E-state index in [1.54, 1.807) is 71.2 Å². The van der Waals surface area contributed by atoms with E-state index >= 15 is 0 Å². The van der Waals surface area contributed by atoms with Crippen LogP contribution >= 0.6 is 22.7 Å². The second-order valence-electron chi connectivity index (χ2n) is 16.4. The fraction of sp³-hybridized carbons (Fsp3) is 0.240. The van der Waals surface area contributed by atoms with E-state index in [1.807, 2.05) is 24.3 Å². The molecule has 2 saturated carbocycles. The SMILES string of the molecule is [C-]#[N+]/C(C#N)=C1\C(=C\c2nc3c(s2)-c2cc4c(cc2C32CCCCC2)-c2sc(/C=C3\C(=O)c5ccccc5\C3=C(\C#N)[N+]#[C-])nc2C42CCCCC2)C(=O)c2ccccc21. The summed E-state index contributed by atoms with van der Waals surface area (Å²) >= 11 is 3.19. The van der Waals surface area contributed by atoms with Gasteiger partial charge in [-0.2, -0.15) is 0 Å². The predicted octanol–water partition coefficient (Wildman–Crippen LogP) is 11.9. The molecule has 11 rings (SSSR count). The van der Waals surface area contributed by atoms with Crippen molar-refractivity contribution in [2.75, 3.05) is 0 Å². The van der Waals surface area contributed by atoms with Gasteiger partial charge in [-0.25, -0.2) is 30.2 Å². The summed E-state index contributed by atoms with van der Waals surface area (Å²) < 4.78 is 0. The van der Waals surface area contributed by atoms with Crippen LogP contribution in [0.2, 0.25) is 0 Å². The number of ketones is 2. The van der Waals surface area contributed by atoms with Crippen LogP contribution < -0.4 is 0 Å². The van der Waals surface area contributed by atoms with E-state index in [1.165, 1.54) is 22.3 Å². The van der Waals surface area contributed by atoms with Crippen LogP contribution in [0, 0.1) is 35.8 Å². The summed E-state index contributed by atoms with van der Waals surface area (Å²) in [6.07, 6.45) is 14.1. The first-order chi connectivity index (χ1) is 29.4. The van der Waals surface area contributed by atoms with Crippen molar-refractivity contribution in [3.63, 3.8) is 0 Å². The number of fused-ring (bicyclic) bond motifs is 12. The monoisotopic (exact) mass is 812 g/mol. The van der Waals surface area contributed by atoms with Gasteiger partial charge in [0.05, 0.1) is 46.4 Å². The number of nitrogens with zero attached hydrogens (tertiary/aromatic N) is 6. The molecule has 0 unspecified atom stereocenters. The van der Waals surface area contributed by atoms with Gasteiger partial charge in [-0.1, -0.05) is 87.1 Å². The Balaban J connectivity index is 1.07. The Hall–Kier alpha value is -6.82. The third kappa shape index (κ3) is 4.84. The van der Waals surface area contributed by atoms with Gasteiger partial charge in [0, 0.05) is 44.2 Å². The van der Waals surface area contributed by atoms with Gasteiger partial charge in [-0.15, -0.1) is 22.7 Å². The third-order valence-corrected chi connectivity index (χ3v) is 15.7. The van der Waals surface area contributed by atoms with Crippen LogP contribution in [0.4, 0.5) is 0 Å². The van der Waals surface area contributed by atoms with Crippen LogP contribution in [0.25, 0.3) is 53.9 Å². The molecule has 0 N–H and O–H groups in total. The van der Waals surface area contributed by atoms with Crippen molar-refractivity contribution in [1.29, 1.82) is 10.5 Å². The molecule has 3 aromatic carbocycles. The summed E-state index contributed by atoms with van der Waals surface area (Å²) in [6.45, 7) is 15.5. The van der Waals surface area contributed by atoms with Crippen molar-refractivity contribution in [3.8, 4) is 33.0 Å². The van der Waals surface area contributed by atoms with Crippen molar-refractivity contribution >= 4 is 57.5 Å². The molecule has 286 valence electrons. The van der Waals surface area contributed by atoms with Crippen molar-refractivity contribution in [1.82, 2.24) is 9.97 Å². The second kappa shape index (κ2) is 13.4. The number of Topliss-reactive ketones (excluding diaryl/α,β-unsaturated/α-hetero) is 2. The van der Waals surface area contributed by atoms with E-state index in [-0.39, 0.29) is 33.8 Å². The van der Waals surface area contributed by atoms with Gasteiger partial charge in [0.15, 0.2) is 11.6 Å². The lowest BCUT2D eigenvalue weighted by molar-refractivity contribution is 0.103. The van der Waals surface area contributed by atoms with E-state index in [9.17, 15) is 20.1 Å². The van der Waals surface area contributed by atoms with Crippen LogP contribution in [-0.2, 0) is 10.8 Å². The molecule has 2 heterocycles. The average Bonchev–Trinajstić information content (AvgIpc) is 4.11. The van der Waals surface area contributed by atoms with Gasteiger partial charge in [-0.3, -0.25) is 9.59 Å². The molecule has 0 atom stereocenters. The molecule has 8 nitrogen and oxygen atoms in total. The largest absolute Gasteiger partial charge is 0.289 e. The second-order valence-corrected chi connectivity index (χ2v) is 18.5. The number of hydrogen-bond acceptors (Lipinski definition) is 8. The lowest BCUT2D eigenvalue weighted by Crippen LogP contribution is -2.30. The van der Waals surface area contributed by atoms with Crippen molar-refractivity contribution < 1.29 is 9.59 Å². The maximum atomic E-state index is 13.9. The van der Waals surface area contributed by atoms with Crippen LogP contribution in [0.1, 0.15) is 129 Å². The molecule has 2 fully saturated rings. The number of carbonyl (C=O) groups excluding carboxylic acids is 2. The number of thiazole rings is 2. The molecular weight excluding hydrogens is 781 g/mol. The first-order valence-corrected chi connectivity index (χ1v) is 22.0. The molecule has 60 heavy (non-hydrogen) atoms. The van der Waals surface area contributed by atoms with Gasteiger partial charge in [0.1, 0.15) is 10.0 Å². The molecule has 0 bridgehead atoms. The van der Waals surface area contributed by atoms with Crippen LogP contribution in [0.5, 0.6) is 0 Å². The number of hydrogen-bond donors (Lipinski definition) is 0. The predicted molar refractivity (Wildman–Crippen MR) is 232 cm³/mol. The van der Waals surface area contributed by atoms with Gasteiger partial charge in [0.2, 0.25) is 0 Å². The van der Waals surface area contributed by atoms with Crippen molar-refractivity contribution in [2.24, 2.45) is 0 Å². The quantitative estimate of drug-likeness (QED) is 0.0995. The average molecular weight is 813 g/mol. The number of benzene rings is 3. The summed E-state index contributed by atoms with van der Waals surface area (Å²) in [5.41, 5.74) is 10.0. The number of nitriles is 2. The Kier molecular flexibility index (Phi) is 8.07. The molecule has 0 saturated heterocycles. The molecule has 0 amide bonds. The normalized spacial score (nSPS) is 21.4. The van der Waals surface area contributed by atoms with E-state index in [4.69, 9.17) is 23.1 Å². The summed E-state index contributed by atoms with van der Waals surface area (Å²) in [5.74, 6) is -0.395. The standard InChI is InChI=1S/C50H32N6O2S2/c1-53-37(25-51)41-27-13-5-7-15-29(27)43(57)33(41)23-39-55-47-45(59-39)31-21-36-32(22-35(31)49(47)17-9-3-10-18-49)46-48(50(36)19-11-4-12-20-50)56-40(60-46)24-34-42(38(26-52)54-2)28-14-6-8-16-30(28)44(34)58/h5-8,13-16,21-24H,3-4,9-12,17-20H2/b33-23-,34-24-,41-37-,42-38+. The van der Waals surface area contributed by atoms with E-state index in [2.05, 4.69) is 21.8 Å². The molecular formula is C50H32N6O2S2. The zero-order valence-electron chi connectivity index (χ0n) is 32.3. The lowest BCUT2D eigenvalue weighted by atomic mass is 9.67. The highest BCUT2D eigenvalue weighted by Crippen LogP contribution is 2.63. The van der Waals surface area contributed by atoms with Crippen LogP contribution in [-0.4, -0.2) is 21.5 Å². The summed E-state index contributed by atoms with van der Waals surface area (Å²) in [5, 5.41) is 21.3. The highest BCUT2D eigenvalue weighted by atomic mass is 32.1. The number of allylic oxidation sites excluding steroid dienone is 6. The van der Waals surface area contributed by atoms with Gasteiger partial charge in [0.25, 0.3) is 11.4 Å². The Morgan fingerprint density at radius 3 is 1.35 bits per heavy atom. The van der Waals surface area contributed by atoms with Crippen LogP contribution in [0.15, 0.2) is 83.2 Å². The minimum atomic E-state index is -0.284. The highest BCUT2D eigenvalue weighted by molar-refractivity contribution is 7.16. The molecule has 2 aromatic heterocycles. The molecule has 6 aliphatic carbocycles. The van der Waals surface area contributed by atoms with Gasteiger partial charge >= 0.3 is 0 Å².